The van der Waals surface area contributed by atoms with Gasteiger partial charge in [-0.2, -0.15) is 0 Å². The zero-order valence-corrected chi connectivity index (χ0v) is 5.92. The standard InChI is InChI=1S/C7H12NO/c1-3-5-8-7(2)4-6-9-8/h4,6H,3,5H2,1-2H3/q+1. The molecule has 0 saturated heterocycles. The molecule has 0 amide bonds. The Kier molecular flexibility index (Phi) is 1.88. The summed E-state index contributed by atoms with van der Waals surface area (Å²) in [5.74, 6) is 0. The molecule has 0 spiro atoms. The first kappa shape index (κ1) is 6.33. The van der Waals surface area contributed by atoms with E-state index in [2.05, 4.69) is 6.92 Å². The molecule has 2 nitrogen and oxygen atoms in total. The van der Waals surface area contributed by atoms with E-state index in [1.54, 1.807) is 6.26 Å². The molecule has 0 aliphatic rings. The topological polar surface area (TPSA) is 17.0 Å². The highest BCUT2D eigenvalue weighted by molar-refractivity contribution is 4.83. The molecule has 0 radical (unpaired) electrons. The number of nitrogens with zero attached hydrogens (tertiary/aromatic N) is 1. The second-order valence-corrected chi connectivity index (χ2v) is 2.15. The third-order valence-electron chi connectivity index (χ3n) is 1.32. The minimum Gasteiger partial charge on any atom is -0.245 e. The number of hydrogen-bond donors (Lipinski definition) is 0. The predicted octanol–water partition coefficient (Wildman–Crippen LogP) is 1.29. The molecule has 9 heavy (non-hydrogen) atoms. The number of aromatic nitrogens is 1. The van der Waals surface area contributed by atoms with Crippen molar-refractivity contribution < 1.29 is 9.26 Å². The number of rotatable bonds is 2. The van der Waals surface area contributed by atoms with Crippen LogP contribution >= 0.6 is 0 Å². The highest BCUT2D eigenvalue weighted by Crippen LogP contribution is 1.88. The Morgan fingerprint density at radius 2 is 2.44 bits per heavy atom. The fraction of sp³-hybridized carbons (Fsp3) is 0.571. The van der Waals surface area contributed by atoms with Crippen LogP contribution in [0.3, 0.4) is 0 Å². The van der Waals surface area contributed by atoms with Gasteiger partial charge < -0.3 is 0 Å². The predicted molar refractivity (Wildman–Crippen MR) is 33.9 cm³/mol. The van der Waals surface area contributed by atoms with Gasteiger partial charge in [0.15, 0.2) is 12.8 Å². The zero-order chi connectivity index (χ0) is 6.69. The van der Waals surface area contributed by atoms with Crippen molar-refractivity contribution in [3.63, 3.8) is 0 Å². The molecule has 1 aromatic heterocycles. The van der Waals surface area contributed by atoms with E-state index in [0.717, 1.165) is 13.0 Å². The highest BCUT2D eigenvalue weighted by Gasteiger charge is 2.05. The molecule has 1 aromatic rings. The Bertz CT molecular complexity index is 181. The van der Waals surface area contributed by atoms with E-state index in [9.17, 15) is 0 Å². The van der Waals surface area contributed by atoms with Gasteiger partial charge >= 0.3 is 0 Å². The quantitative estimate of drug-likeness (QED) is 0.545. The second-order valence-electron chi connectivity index (χ2n) is 2.15. The summed E-state index contributed by atoms with van der Waals surface area (Å²) in [5.41, 5.74) is 1.19. The van der Waals surface area contributed by atoms with E-state index < -0.39 is 0 Å². The molecule has 2 heteroatoms. The van der Waals surface area contributed by atoms with E-state index >= 15 is 0 Å². The van der Waals surface area contributed by atoms with Crippen LogP contribution in [-0.4, -0.2) is 0 Å². The number of aryl methyl sites for hydroxylation is 2. The van der Waals surface area contributed by atoms with E-state index in [-0.39, 0.29) is 0 Å². The first-order chi connectivity index (χ1) is 4.34. The first-order valence-electron chi connectivity index (χ1n) is 3.29. The van der Waals surface area contributed by atoms with Crippen molar-refractivity contribution in [1.29, 1.82) is 0 Å². The molecule has 0 fully saturated rings. The molecule has 0 aromatic carbocycles. The van der Waals surface area contributed by atoms with Crippen molar-refractivity contribution in [2.24, 2.45) is 0 Å². The van der Waals surface area contributed by atoms with Gasteiger partial charge in [-0.3, -0.25) is 0 Å². The van der Waals surface area contributed by atoms with Crippen LogP contribution in [0.5, 0.6) is 0 Å². The fourth-order valence-corrected chi connectivity index (χ4v) is 0.801. The van der Waals surface area contributed by atoms with Gasteiger partial charge in [-0.25, -0.2) is 4.52 Å². The van der Waals surface area contributed by atoms with Gasteiger partial charge in [0.05, 0.1) is 6.07 Å². The van der Waals surface area contributed by atoms with Crippen molar-refractivity contribution in [3.8, 4) is 0 Å². The van der Waals surface area contributed by atoms with Crippen LogP contribution < -0.4 is 4.74 Å². The number of hydrogen-bond acceptors (Lipinski definition) is 1. The van der Waals surface area contributed by atoms with E-state index in [4.69, 9.17) is 4.52 Å². The molecule has 0 saturated carbocycles. The van der Waals surface area contributed by atoms with Crippen LogP contribution in [0.4, 0.5) is 0 Å². The summed E-state index contributed by atoms with van der Waals surface area (Å²) in [6.45, 7) is 5.16. The zero-order valence-electron chi connectivity index (χ0n) is 5.92. The van der Waals surface area contributed by atoms with Gasteiger partial charge in [0.2, 0.25) is 5.69 Å². The Morgan fingerprint density at radius 3 is 2.89 bits per heavy atom. The maximum absolute atomic E-state index is 5.12. The van der Waals surface area contributed by atoms with Gasteiger partial charge in [0.25, 0.3) is 0 Å². The Morgan fingerprint density at radius 1 is 1.67 bits per heavy atom. The maximum atomic E-state index is 5.12. The van der Waals surface area contributed by atoms with Crippen molar-refractivity contribution >= 4 is 0 Å². The normalized spacial score (nSPS) is 10.0. The molecule has 0 aliphatic carbocycles. The first-order valence-corrected chi connectivity index (χ1v) is 3.29. The summed E-state index contributed by atoms with van der Waals surface area (Å²) < 4.78 is 7.01. The molecule has 0 aliphatic heterocycles. The third-order valence-corrected chi connectivity index (χ3v) is 1.32. The molecule has 0 unspecified atom stereocenters. The summed E-state index contributed by atoms with van der Waals surface area (Å²) in [6.07, 6.45) is 2.84. The Balaban J connectivity index is 2.69. The largest absolute Gasteiger partial charge is 0.245 e. The average Bonchev–Trinajstić information content (AvgIpc) is 2.18. The van der Waals surface area contributed by atoms with Crippen LogP contribution in [0, 0.1) is 6.92 Å². The monoisotopic (exact) mass is 126 g/mol. The molecule has 0 N–H and O–H groups in total. The molecular weight excluding hydrogens is 114 g/mol. The van der Waals surface area contributed by atoms with Crippen molar-refractivity contribution in [1.82, 2.24) is 0 Å². The lowest BCUT2D eigenvalue weighted by Crippen LogP contribution is -2.33. The van der Waals surface area contributed by atoms with Crippen LogP contribution in [-0.2, 0) is 6.54 Å². The van der Waals surface area contributed by atoms with E-state index in [1.807, 2.05) is 17.7 Å². The van der Waals surface area contributed by atoms with Crippen LogP contribution in [0.2, 0.25) is 0 Å². The van der Waals surface area contributed by atoms with Crippen LogP contribution in [0.25, 0.3) is 0 Å². The van der Waals surface area contributed by atoms with Crippen molar-refractivity contribution in [2.75, 3.05) is 0 Å². The fourth-order valence-electron chi connectivity index (χ4n) is 0.801. The lowest BCUT2D eigenvalue weighted by molar-refractivity contribution is -0.867. The van der Waals surface area contributed by atoms with Crippen LogP contribution in [0.1, 0.15) is 19.0 Å². The summed E-state index contributed by atoms with van der Waals surface area (Å²) in [5, 5.41) is 0. The minimum absolute atomic E-state index is 0.985. The molecular formula is C7H12NO+. The SMILES string of the molecule is CCC[n+]1occc1C. The molecule has 1 rings (SSSR count). The minimum atomic E-state index is 0.985. The van der Waals surface area contributed by atoms with Gasteiger partial charge in [-0.05, 0) is 4.74 Å². The van der Waals surface area contributed by atoms with Gasteiger partial charge in [-0.1, -0.05) is 6.92 Å². The van der Waals surface area contributed by atoms with Crippen molar-refractivity contribution in [2.45, 2.75) is 26.8 Å². The van der Waals surface area contributed by atoms with Gasteiger partial charge in [0.1, 0.15) is 0 Å². The van der Waals surface area contributed by atoms with E-state index in [1.165, 1.54) is 5.69 Å². The molecule has 0 bridgehead atoms. The summed E-state index contributed by atoms with van der Waals surface area (Å²) in [7, 11) is 0. The smallest absolute Gasteiger partial charge is 0.228 e. The Hall–Kier alpha value is -0.790. The van der Waals surface area contributed by atoms with E-state index in [0.29, 0.717) is 0 Å². The van der Waals surface area contributed by atoms with Crippen molar-refractivity contribution in [3.05, 3.63) is 18.0 Å². The maximum Gasteiger partial charge on any atom is 0.228 e. The average molecular weight is 126 g/mol. The third kappa shape index (κ3) is 1.31. The summed E-state index contributed by atoms with van der Waals surface area (Å²) >= 11 is 0. The molecule has 1 heterocycles. The lowest BCUT2D eigenvalue weighted by atomic mass is 10.4. The van der Waals surface area contributed by atoms with Gasteiger partial charge in [-0.15, -0.1) is 0 Å². The summed E-state index contributed by atoms with van der Waals surface area (Å²) in [4.78, 5) is 0. The molecule has 50 valence electrons. The van der Waals surface area contributed by atoms with Crippen LogP contribution in [0.15, 0.2) is 16.9 Å². The molecule has 0 atom stereocenters. The Labute approximate surface area is 55.1 Å². The summed E-state index contributed by atoms with van der Waals surface area (Å²) in [6, 6.07) is 1.97. The second kappa shape index (κ2) is 2.67. The van der Waals surface area contributed by atoms with Gasteiger partial charge in [0, 0.05) is 13.3 Å². The highest BCUT2D eigenvalue weighted by atomic mass is 16.5. The lowest BCUT2D eigenvalue weighted by Gasteiger charge is -1.83.